The molecule has 2 rings (SSSR count). The number of nitrogens with zero attached hydrogens (tertiary/aromatic N) is 2. The molecular weight excluding hydrogens is 336 g/mol. The van der Waals surface area contributed by atoms with Gasteiger partial charge in [-0.1, -0.05) is 18.2 Å². The molecule has 0 amide bonds. The second kappa shape index (κ2) is 8.56. The third-order valence-electron chi connectivity index (χ3n) is 4.38. The first kappa shape index (κ1) is 19.6. The zero-order valence-corrected chi connectivity index (χ0v) is 16.3. The summed E-state index contributed by atoms with van der Waals surface area (Å²) >= 11 is 0. The predicted octanol–water partition coefficient (Wildman–Crippen LogP) is 1.96. The number of hydrogen-bond donors (Lipinski definition) is 2. The quantitative estimate of drug-likeness (QED) is 0.457. The van der Waals surface area contributed by atoms with Crippen molar-refractivity contribution in [3.63, 3.8) is 0 Å². The van der Waals surface area contributed by atoms with Crippen molar-refractivity contribution >= 4 is 21.5 Å². The maximum Gasteiger partial charge on any atom is 0.193 e. The number of para-hydroxylation sites is 1. The van der Waals surface area contributed by atoms with Crippen molar-refractivity contribution in [3.8, 4) is 0 Å². The second-order valence-electron chi connectivity index (χ2n) is 6.88. The minimum Gasteiger partial charge on any atom is -0.385 e. The van der Waals surface area contributed by atoms with Gasteiger partial charge >= 0.3 is 0 Å². The lowest BCUT2D eigenvalue weighted by molar-refractivity contribution is 0.353. The van der Waals surface area contributed by atoms with Crippen LogP contribution in [0.25, 0.3) is 0 Å². The Morgan fingerprint density at radius 2 is 2.00 bits per heavy atom. The Hall–Kier alpha value is -1.76. The number of benzene rings is 1. The van der Waals surface area contributed by atoms with E-state index in [1.54, 1.807) is 13.8 Å². The van der Waals surface area contributed by atoms with Crippen LogP contribution in [0.3, 0.4) is 0 Å². The zero-order chi connectivity index (χ0) is 18.3. The molecule has 6 nitrogen and oxygen atoms in total. The predicted molar refractivity (Wildman–Crippen MR) is 105 cm³/mol. The van der Waals surface area contributed by atoms with Gasteiger partial charge in [0.1, 0.15) is 0 Å². The van der Waals surface area contributed by atoms with Crippen molar-refractivity contribution in [2.75, 3.05) is 43.8 Å². The third-order valence-corrected chi connectivity index (χ3v) is 6.91. The molecule has 1 aromatic rings. The van der Waals surface area contributed by atoms with Crippen molar-refractivity contribution in [1.29, 1.82) is 0 Å². The third kappa shape index (κ3) is 5.36. The van der Waals surface area contributed by atoms with Gasteiger partial charge in [-0.15, -0.1) is 0 Å². The first-order valence-corrected chi connectivity index (χ1v) is 10.6. The van der Waals surface area contributed by atoms with E-state index in [-0.39, 0.29) is 5.75 Å². The molecule has 25 heavy (non-hydrogen) atoms. The molecule has 0 spiro atoms. The van der Waals surface area contributed by atoms with Gasteiger partial charge in [0, 0.05) is 38.4 Å². The molecule has 1 aliphatic heterocycles. The molecule has 0 bridgehead atoms. The van der Waals surface area contributed by atoms with Crippen LogP contribution in [0.1, 0.15) is 27.2 Å². The number of aliphatic imine (C=N–C) groups is 1. The van der Waals surface area contributed by atoms with Crippen LogP contribution in [0.15, 0.2) is 35.3 Å². The van der Waals surface area contributed by atoms with Crippen molar-refractivity contribution in [1.82, 2.24) is 10.2 Å². The molecule has 2 N–H and O–H groups in total. The number of anilines is 1. The molecule has 7 heteroatoms. The maximum absolute atomic E-state index is 12.2. The van der Waals surface area contributed by atoms with Crippen LogP contribution < -0.4 is 10.6 Å². The van der Waals surface area contributed by atoms with Gasteiger partial charge in [-0.2, -0.15) is 0 Å². The summed E-state index contributed by atoms with van der Waals surface area (Å²) in [7, 11) is -3.04. The summed E-state index contributed by atoms with van der Waals surface area (Å²) in [6.07, 6.45) is 0.916. The molecule has 1 heterocycles. The van der Waals surface area contributed by atoms with Crippen LogP contribution in [-0.4, -0.2) is 62.5 Å². The summed E-state index contributed by atoms with van der Waals surface area (Å²) in [5, 5.41) is 6.66. The normalized spacial score (nSPS) is 19.5. The maximum atomic E-state index is 12.2. The monoisotopic (exact) mass is 366 g/mol. The highest BCUT2D eigenvalue weighted by atomic mass is 32.2. The smallest absolute Gasteiger partial charge is 0.193 e. The van der Waals surface area contributed by atoms with Crippen molar-refractivity contribution in [2.24, 2.45) is 4.99 Å². The number of hydrogen-bond acceptors (Lipinski definition) is 4. The van der Waals surface area contributed by atoms with Crippen LogP contribution in [0.4, 0.5) is 5.69 Å². The number of nitrogens with one attached hydrogen (secondary N) is 2. The lowest BCUT2D eigenvalue weighted by Gasteiger charge is -2.39. The topological polar surface area (TPSA) is 73.8 Å². The Kier molecular flexibility index (Phi) is 6.70. The Morgan fingerprint density at radius 3 is 2.64 bits per heavy atom. The second-order valence-corrected chi connectivity index (χ2v) is 9.63. The summed E-state index contributed by atoms with van der Waals surface area (Å²) in [6.45, 7) is 8.91. The van der Waals surface area contributed by atoms with Gasteiger partial charge in [0.2, 0.25) is 0 Å². The first-order valence-electron chi connectivity index (χ1n) is 8.90. The van der Waals surface area contributed by atoms with E-state index in [0.29, 0.717) is 19.6 Å². The van der Waals surface area contributed by atoms with Crippen LogP contribution in [0, 0.1) is 0 Å². The molecule has 0 aliphatic carbocycles. The molecule has 1 aliphatic rings. The molecule has 1 saturated heterocycles. The molecule has 0 saturated carbocycles. The average molecular weight is 367 g/mol. The fraction of sp³-hybridized carbons (Fsp3) is 0.611. The number of sulfone groups is 1. The van der Waals surface area contributed by atoms with E-state index in [2.05, 4.69) is 20.5 Å². The highest BCUT2D eigenvalue weighted by molar-refractivity contribution is 7.92. The Balaban J connectivity index is 1.88. The van der Waals surface area contributed by atoms with E-state index in [9.17, 15) is 8.42 Å². The van der Waals surface area contributed by atoms with E-state index in [4.69, 9.17) is 0 Å². The Bertz CT molecular complexity index is 672. The molecular formula is C18H30N4O2S. The average Bonchev–Trinajstić information content (AvgIpc) is 2.57. The number of rotatable bonds is 6. The van der Waals surface area contributed by atoms with Crippen LogP contribution >= 0.6 is 0 Å². The molecule has 0 radical (unpaired) electrons. The van der Waals surface area contributed by atoms with Crippen molar-refractivity contribution in [3.05, 3.63) is 30.3 Å². The van der Waals surface area contributed by atoms with E-state index >= 15 is 0 Å². The molecule has 140 valence electrons. The Labute approximate surface area is 151 Å². The summed E-state index contributed by atoms with van der Waals surface area (Å²) in [5.74, 6) is 0.991. The van der Waals surface area contributed by atoms with Gasteiger partial charge < -0.3 is 15.5 Å². The summed E-state index contributed by atoms with van der Waals surface area (Å²) < 4.78 is 23.6. The standard InChI is InChI=1S/C18H30N4O2S/c1-4-19-17(22-13-14-25(23,24)18(2,3)15-22)21-12-8-11-20-16-9-6-5-7-10-16/h5-7,9-10,20H,4,8,11-15H2,1-3H3,(H,19,21). The van der Waals surface area contributed by atoms with Gasteiger partial charge in [-0.3, -0.25) is 4.99 Å². The molecule has 0 unspecified atom stereocenters. The largest absolute Gasteiger partial charge is 0.385 e. The Morgan fingerprint density at radius 1 is 1.28 bits per heavy atom. The van der Waals surface area contributed by atoms with Crippen molar-refractivity contribution < 1.29 is 8.42 Å². The summed E-state index contributed by atoms with van der Waals surface area (Å²) in [4.78, 5) is 6.74. The van der Waals surface area contributed by atoms with E-state index in [1.165, 1.54) is 0 Å². The van der Waals surface area contributed by atoms with E-state index in [1.807, 2.05) is 37.3 Å². The van der Waals surface area contributed by atoms with Gasteiger partial charge in [0.05, 0.1) is 10.5 Å². The van der Waals surface area contributed by atoms with E-state index < -0.39 is 14.6 Å². The van der Waals surface area contributed by atoms with Gasteiger partial charge in [0.25, 0.3) is 0 Å². The molecule has 1 fully saturated rings. The van der Waals surface area contributed by atoms with Gasteiger partial charge in [0.15, 0.2) is 15.8 Å². The molecule has 0 aromatic heterocycles. The minimum atomic E-state index is -3.04. The molecule has 1 aromatic carbocycles. The SMILES string of the molecule is CCNC(=NCCCNc1ccccc1)N1CCS(=O)(=O)C(C)(C)C1. The minimum absolute atomic E-state index is 0.181. The number of guanidine groups is 1. The fourth-order valence-corrected chi connectivity index (χ4v) is 4.17. The first-order chi connectivity index (χ1) is 11.9. The lowest BCUT2D eigenvalue weighted by atomic mass is 10.2. The molecule has 0 atom stereocenters. The van der Waals surface area contributed by atoms with Crippen molar-refractivity contribution in [2.45, 2.75) is 31.9 Å². The fourth-order valence-electron chi connectivity index (χ4n) is 2.80. The van der Waals surface area contributed by atoms with Crippen LogP contribution in [0.5, 0.6) is 0 Å². The highest BCUT2D eigenvalue weighted by Gasteiger charge is 2.40. The zero-order valence-electron chi connectivity index (χ0n) is 15.5. The van der Waals surface area contributed by atoms with E-state index in [0.717, 1.165) is 31.2 Å². The van der Waals surface area contributed by atoms with Crippen LogP contribution in [-0.2, 0) is 9.84 Å². The highest BCUT2D eigenvalue weighted by Crippen LogP contribution is 2.23. The summed E-state index contributed by atoms with van der Waals surface area (Å²) in [6, 6.07) is 10.1. The lowest BCUT2D eigenvalue weighted by Crippen LogP contribution is -2.57. The van der Waals surface area contributed by atoms with Gasteiger partial charge in [-0.05, 0) is 39.3 Å². The van der Waals surface area contributed by atoms with Crippen LogP contribution in [0.2, 0.25) is 0 Å². The van der Waals surface area contributed by atoms with Gasteiger partial charge in [-0.25, -0.2) is 8.42 Å². The summed E-state index contributed by atoms with van der Waals surface area (Å²) in [5.41, 5.74) is 1.11.